The van der Waals surface area contributed by atoms with Crippen LogP contribution >= 0.6 is 27.5 Å². The Balaban J connectivity index is 1.60. The molecule has 158 valence electrons. The molecule has 0 spiro atoms. The van der Waals surface area contributed by atoms with Gasteiger partial charge in [-0.2, -0.15) is 5.26 Å². The van der Waals surface area contributed by atoms with Crippen LogP contribution in [0.2, 0.25) is 5.02 Å². The number of carbonyl (C=O) groups excluding carboxylic acids is 1. The Morgan fingerprint density at radius 1 is 1.16 bits per heavy atom. The van der Waals surface area contributed by atoms with Gasteiger partial charge in [-0.25, -0.2) is 4.79 Å². The van der Waals surface area contributed by atoms with Gasteiger partial charge in [0.05, 0.1) is 5.92 Å². The molecule has 0 fully saturated rings. The number of esters is 1. The first-order chi connectivity index (χ1) is 15.5. The SMILES string of the molecule is N#CC1=C(N)Oc2cc(OC(=O)/C=C/c3ccccc3Cl)ccc2C1c1ccc(Br)cc1. The first-order valence-electron chi connectivity index (χ1n) is 9.57. The second-order valence-corrected chi connectivity index (χ2v) is 8.27. The van der Waals surface area contributed by atoms with Crippen LogP contribution in [-0.4, -0.2) is 5.97 Å². The van der Waals surface area contributed by atoms with Crippen molar-refractivity contribution >= 4 is 39.6 Å². The number of fused-ring (bicyclic) bond motifs is 1. The van der Waals surface area contributed by atoms with Crippen molar-refractivity contribution in [2.45, 2.75) is 5.92 Å². The third kappa shape index (κ3) is 4.54. The molecule has 0 amide bonds. The van der Waals surface area contributed by atoms with Crippen LogP contribution in [-0.2, 0) is 4.79 Å². The minimum atomic E-state index is -0.564. The fourth-order valence-electron chi connectivity index (χ4n) is 3.42. The van der Waals surface area contributed by atoms with E-state index in [0.717, 1.165) is 15.6 Å². The summed E-state index contributed by atoms with van der Waals surface area (Å²) in [6.07, 6.45) is 2.89. The number of halogens is 2. The average molecular weight is 508 g/mol. The lowest BCUT2D eigenvalue weighted by Crippen LogP contribution is -2.21. The summed E-state index contributed by atoms with van der Waals surface area (Å²) in [5.74, 6) is -0.210. The maximum Gasteiger partial charge on any atom is 0.336 e. The summed E-state index contributed by atoms with van der Waals surface area (Å²) >= 11 is 9.52. The standard InChI is InChI=1S/C25H16BrClN2O3/c26-17-8-5-16(6-9-17)24-19-11-10-18(13-22(19)32-25(29)20(24)14-28)31-23(30)12-7-15-3-1-2-4-21(15)27/h1-13,24H,29H2/b12-7+. The summed E-state index contributed by atoms with van der Waals surface area (Å²) in [5.41, 5.74) is 8.71. The van der Waals surface area contributed by atoms with E-state index in [1.54, 1.807) is 36.4 Å². The van der Waals surface area contributed by atoms with E-state index in [-0.39, 0.29) is 11.8 Å². The molecular formula is C25H16BrClN2O3. The molecule has 0 bridgehead atoms. The molecule has 1 atom stereocenters. The Bertz CT molecular complexity index is 1290. The van der Waals surface area contributed by atoms with E-state index in [9.17, 15) is 10.1 Å². The van der Waals surface area contributed by atoms with Gasteiger partial charge in [-0.3, -0.25) is 0 Å². The van der Waals surface area contributed by atoms with E-state index in [0.29, 0.717) is 27.7 Å². The highest BCUT2D eigenvalue weighted by molar-refractivity contribution is 9.10. The van der Waals surface area contributed by atoms with Crippen molar-refractivity contribution < 1.29 is 14.3 Å². The number of ether oxygens (including phenoxy) is 2. The van der Waals surface area contributed by atoms with E-state index in [2.05, 4.69) is 22.0 Å². The molecular weight excluding hydrogens is 492 g/mol. The van der Waals surface area contributed by atoms with Crippen LogP contribution in [0.15, 0.2) is 88.7 Å². The molecule has 4 rings (SSSR count). The summed E-state index contributed by atoms with van der Waals surface area (Å²) in [5, 5.41) is 10.2. The van der Waals surface area contributed by atoms with Crippen molar-refractivity contribution in [1.29, 1.82) is 5.26 Å². The van der Waals surface area contributed by atoms with Gasteiger partial charge in [0.1, 0.15) is 23.1 Å². The summed E-state index contributed by atoms with van der Waals surface area (Å²) in [6.45, 7) is 0. The highest BCUT2D eigenvalue weighted by Crippen LogP contribution is 2.43. The molecule has 3 aromatic carbocycles. The predicted molar refractivity (Wildman–Crippen MR) is 126 cm³/mol. The molecule has 1 aliphatic rings. The van der Waals surface area contributed by atoms with Gasteiger partial charge in [0.25, 0.3) is 0 Å². The lowest BCUT2D eigenvalue weighted by atomic mass is 9.83. The molecule has 5 nitrogen and oxygen atoms in total. The van der Waals surface area contributed by atoms with E-state index < -0.39 is 5.97 Å². The zero-order valence-electron chi connectivity index (χ0n) is 16.6. The molecule has 32 heavy (non-hydrogen) atoms. The fourth-order valence-corrected chi connectivity index (χ4v) is 3.88. The Hall–Kier alpha value is -3.53. The van der Waals surface area contributed by atoms with Gasteiger partial charge in [-0.05, 0) is 41.5 Å². The number of hydrogen-bond donors (Lipinski definition) is 1. The van der Waals surface area contributed by atoms with Crippen molar-refractivity contribution in [3.05, 3.63) is 110 Å². The Kier molecular flexibility index (Phi) is 6.31. The van der Waals surface area contributed by atoms with Crippen LogP contribution in [0.25, 0.3) is 6.08 Å². The van der Waals surface area contributed by atoms with E-state index >= 15 is 0 Å². The van der Waals surface area contributed by atoms with Crippen LogP contribution in [0.3, 0.4) is 0 Å². The van der Waals surface area contributed by atoms with Crippen molar-refractivity contribution in [1.82, 2.24) is 0 Å². The van der Waals surface area contributed by atoms with Crippen molar-refractivity contribution in [2.24, 2.45) is 5.73 Å². The van der Waals surface area contributed by atoms with Gasteiger partial charge in [0.15, 0.2) is 0 Å². The Labute approximate surface area is 198 Å². The molecule has 0 aromatic heterocycles. The third-order valence-electron chi connectivity index (χ3n) is 4.92. The number of allylic oxidation sites excluding steroid dienone is 1. The lowest BCUT2D eigenvalue weighted by Gasteiger charge is -2.26. The fraction of sp³-hybridized carbons (Fsp3) is 0.0400. The zero-order valence-corrected chi connectivity index (χ0v) is 18.9. The summed E-state index contributed by atoms with van der Waals surface area (Å²) in [7, 11) is 0. The van der Waals surface area contributed by atoms with Gasteiger partial charge in [-0.1, -0.05) is 63.9 Å². The second kappa shape index (κ2) is 9.31. The maximum atomic E-state index is 12.3. The number of nitrogens with two attached hydrogens (primary N) is 1. The van der Waals surface area contributed by atoms with Gasteiger partial charge >= 0.3 is 5.97 Å². The number of benzene rings is 3. The molecule has 1 heterocycles. The molecule has 0 aliphatic carbocycles. The Morgan fingerprint density at radius 3 is 2.62 bits per heavy atom. The second-order valence-electron chi connectivity index (χ2n) is 6.95. The minimum Gasteiger partial charge on any atom is -0.440 e. The van der Waals surface area contributed by atoms with Crippen LogP contribution in [0.1, 0.15) is 22.6 Å². The largest absolute Gasteiger partial charge is 0.440 e. The highest BCUT2D eigenvalue weighted by atomic mass is 79.9. The monoisotopic (exact) mass is 506 g/mol. The summed E-state index contributed by atoms with van der Waals surface area (Å²) in [4.78, 5) is 12.3. The lowest BCUT2D eigenvalue weighted by molar-refractivity contribution is -0.128. The average Bonchev–Trinajstić information content (AvgIpc) is 2.78. The van der Waals surface area contributed by atoms with Crippen molar-refractivity contribution in [3.8, 4) is 17.6 Å². The molecule has 0 radical (unpaired) electrons. The normalized spacial score (nSPS) is 15.1. The summed E-state index contributed by atoms with van der Waals surface area (Å²) in [6, 6.07) is 22.0. The van der Waals surface area contributed by atoms with Gasteiger partial charge in [0.2, 0.25) is 5.88 Å². The topological polar surface area (TPSA) is 85.3 Å². The quantitative estimate of drug-likeness (QED) is 0.268. The first-order valence-corrected chi connectivity index (χ1v) is 10.7. The molecule has 3 aromatic rings. The summed E-state index contributed by atoms with van der Waals surface area (Å²) < 4.78 is 12.0. The van der Waals surface area contributed by atoms with Crippen molar-refractivity contribution in [3.63, 3.8) is 0 Å². The predicted octanol–water partition coefficient (Wildman–Crippen LogP) is 5.94. The number of nitrogens with zero attached hydrogens (tertiary/aromatic N) is 1. The van der Waals surface area contributed by atoms with Gasteiger partial charge in [0, 0.05) is 27.2 Å². The molecule has 1 aliphatic heterocycles. The number of carbonyl (C=O) groups is 1. The van der Waals surface area contributed by atoms with E-state index in [1.165, 1.54) is 6.08 Å². The van der Waals surface area contributed by atoms with E-state index in [4.69, 9.17) is 26.8 Å². The maximum absolute atomic E-state index is 12.3. The number of hydrogen-bond acceptors (Lipinski definition) is 5. The molecule has 0 saturated carbocycles. The van der Waals surface area contributed by atoms with Crippen LogP contribution in [0.5, 0.6) is 11.5 Å². The van der Waals surface area contributed by atoms with Crippen LogP contribution < -0.4 is 15.2 Å². The van der Waals surface area contributed by atoms with Gasteiger partial charge in [-0.15, -0.1) is 0 Å². The van der Waals surface area contributed by atoms with Crippen molar-refractivity contribution in [2.75, 3.05) is 0 Å². The van der Waals surface area contributed by atoms with Crippen LogP contribution in [0, 0.1) is 11.3 Å². The minimum absolute atomic E-state index is 0.0232. The van der Waals surface area contributed by atoms with E-state index in [1.807, 2.05) is 36.4 Å². The zero-order chi connectivity index (χ0) is 22.7. The molecule has 0 saturated heterocycles. The Morgan fingerprint density at radius 2 is 1.91 bits per heavy atom. The number of rotatable bonds is 4. The first kappa shape index (κ1) is 21.7. The molecule has 1 unspecified atom stereocenters. The number of nitriles is 1. The smallest absolute Gasteiger partial charge is 0.336 e. The van der Waals surface area contributed by atoms with Crippen LogP contribution in [0.4, 0.5) is 0 Å². The molecule has 2 N–H and O–H groups in total. The highest BCUT2D eigenvalue weighted by Gasteiger charge is 2.31. The molecule has 7 heteroatoms. The third-order valence-corrected chi connectivity index (χ3v) is 5.79. The van der Waals surface area contributed by atoms with Gasteiger partial charge < -0.3 is 15.2 Å².